The molecule has 0 aliphatic rings. The largest absolute Gasteiger partial charge is 0.480 e. The molecule has 2 aromatic carbocycles. The molecule has 2 rings (SSSR count). The normalized spacial score (nSPS) is 14.2. The lowest BCUT2D eigenvalue weighted by Gasteiger charge is -2.25. The van der Waals surface area contributed by atoms with E-state index < -0.39 is 39.7 Å². The molecule has 0 radical (unpaired) electrons. The van der Waals surface area contributed by atoms with E-state index in [1.807, 2.05) is 6.92 Å². The van der Waals surface area contributed by atoms with Gasteiger partial charge in [0.25, 0.3) is 0 Å². The minimum absolute atomic E-state index is 0.0375. The minimum atomic E-state index is -3.82. The Balaban J connectivity index is 2.11. The zero-order chi connectivity index (χ0) is 24.4. The van der Waals surface area contributed by atoms with Crippen molar-refractivity contribution in [3.05, 3.63) is 77.7 Å². The first kappa shape index (κ1) is 25.8. The van der Waals surface area contributed by atoms with Crippen molar-refractivity contribution in [3.63, 3.8) is 0 Å². The molecular formula is C24H28N2O6S. The molecule has 9 heteroatoms. The van der Waals surface area contributed by atoms with E-state index in [9.17, 15) is 27.9 Å². The van der Waals surface area contributed by atoms with E-state index in [0.29, 0.717) is 6.42 Å². The number of carbonyl (C=O) groups is 3. The van der Waals surface area contributed by atoms with Crippen molar-refractivity contribution in [2.24, 2.45) is 5.92 Å². The smallest absolute Gasteiger partial charge is 0.326 e. The molecule has 176 valence electrons. The number of carboxylic acids is 1. The van der Waals surface area contributed by atoms with E-state index in [-0.39, 0.29) is 17.2 Å². The Hall–Kier alpha value is -3.46. The third kappa shape index (κ3) is 7.87. The summed E-state index contributed by atoms with van der Waals surface area (Å²) in [6.07, 6.45) is 1.46. The van der Waals surface area contributed by atoms with Gasteiger partial charge in [-0.15, -0.1) is 0 Å². The maximum absolute atomic E-state index is 12.9. The van der Waals surface area contributed by atoms with Gasteiger partial charge in [-0.25, -0.2) is 13.2 Å². The fourth-order valence-corrected chi connectivity index (χ4v) is 4.05. The van der Waals surface area contributed by atoms with Crippen LogP contribution in [0, 0.1) is 5.92 Å². The second kappa shape index (κ2) is 12.0. The van der Waals surface area contributed by atoms with Crippen LogP contribution in [0.1, 0.15) is 25.8 Å². The fraction of sp³-hybridized carbons (Fsp3) is 0.292. The van der Waals surface area contributed by atoms with Crippen molar-refractivity contribution in [3.8, 4) is 0 Å². The van der Waals surface area contributed by atoms with E-state index in [0.717, 1.165) is 17.0 Å². The molecule has 0 heterocycles. The Kier molecular flexibility index (Phi) is 9.35. The molecule has 1 unspecified atom stereocenters. The van der Waals surface area contributed by atoms with Crippen molar-refractivity contribution in [2.75, 3.05) is 0 Å². The van der Waals surface area contributed by atoms with Gasteiger partial charge in [0.15, 0.2) is 9.84 Å². The molecule has 0 spiro atoms. The monoisotopic (exact) mass is 472 g/mol. The van der Waals surface area contributed by atoms with Crippen molar-refractivity contribution in [1.29, 1.82) is 0 Å². The highest BCUT2D eigenvalue weighted by Crippen LogP contribution is 2.12. The first-order chi connectivity index (χ1) is 15.6. The molecule has 3 atom stereocenters. The van der Waals surface area contributed by atoms with Crippen LogP contribution in [0.2, 0.25) is 0 Å². The average molecular weight is 473 g/mol. The van der Waals surface area contributed by atoms with Gasteiger partial charge < -0.3 is 15.7 Å². The van der Waals surface area contributed by atoms with Gasteiger partial charge in [-0.3, -0.25) is 9.59 Å². The summed E-state index contributed by atoms with van der Waals surface area (Å²) in [5.74, 6) is -2.94. The lowest BCUT2D eigenvalue weighted by atomic mass is 9.97. The van der Waals surface area contributed by atoms with Gasteiger partial charge in [-0.2, -0.15) is 0 Å². The van der Waals surface area contributed by atoms with Crippen molar-refractivity contribution in [1.82, 2.24) is 10.6 Å². The Bertz CT molecular complexity index is 1080. The highest BCUT2D eigenvalue weighted by atomic mass is 32.2. The van der Waals surface area contributed by atoms with Crippen molar-refractivity contribution in [2.45, 2.75) is 43.7 Å². The summed E-state index contributed by atoms with van der Waals surface area (Å²) in [5, 5.41) is 15.3. The molecule has 0 fully saturated rings. The first-order valence-electron chi connectivity index (χ1n) is 10.5. The van der Waals surface area contributed by atoms with Crippen molar-refractivity contribution < 1.29 is 27.9 Å². The second-order valence-corrected chi connectivity index (χ2v) is 9.46. The Labute approximate surface area is 193 Å². The Morgan fingerprint density at radius 3 is 2.09 bits per heavy atom. The molecule has 8 nitrogen and oxygen atoms in total. The van der Waals surface area contributed by atoms with Crippen LogP contribution in [-0.4, -0.2) is 43.4 Å². The highest BCUT2D eigenvalue weighted by Gasteiger charge is 2.29. The van der Waals surface area contributed by atoms with Crippen molar-refractivity contribution >= 4 is 27.6 Å². The summed E-state index contributed by atoms with van der Waals surface area (Å²) in [7, 11) is -3.82. The molecule has 3 N–H and O–H groups in total. The van der Waals surface area contributed by atoms with Gasteiger partial charge in [0.05, 0.1) is 4.90 Å². The van der Waals surface area contributed by atoms with Crippen LogP contribution in [0.15, 0.2) is 77.0 Å². The Morgan fingerprint density at radius 2 is 1.55 bits per heavy atom. The number of aliphatic carboxylic acids is 1. The summed E-state index contributed by atoms with van der Waals surface area (Å²) >= 11 is 0. The van der Waals surface area contributed by atoms with Crippen LogP contribution < -0.4 is 10.6 Å². The Morgan fingerprint density at radius 1 is 0.970 bits per heavy atom. The van der Waals surface area contributed by atoms with E-state index in [2.05, 4.69) is 10.6 Å². The summed E-state index contributed by atoms with van der Waals surface area (Å²) in [4.78, 5) is 37.0. The number of amides is 2. The highest BCUT2D eigenvalue weighted by molar-refractivity contribution is 7.94. The summed E-state index contributed by atoms with van der Waals surface area (Å²) in [6.45, 7) is 3.56. The summed E-state index contributed by atoms with van der Waals surface area (Å²) < 4.78 is 24.7. The topological polar surface area (TPSA) is 130 Å². The van der Waals surface area contributed by atoms with Crippen LogP contribution >= 0.6 is 0 Å². The van der Waals surface area contributed by atoms with Crippen LogP contribution in [0.3, 0.4) is 0 Å². The minimum Gasteiger partial charge on any atom is -0.480 e. The first-order valence-corrected chi connectivity index (χ1v) is 12.0. The molecule has 0 saturated heterocycles. The maximum Gasteiger partial charge on any atom is 0.326 e. The number of benzene rings is 2. The molecule has 0 aromatic heterocycles. The summed E-state index contributed by atoms with van der Waals surface area (Å²) in [6, 6.07) is 14.3. The van der Waals surface area contributed by atoms with Crippen LogP contribution in [-0.2, 0) is 30.6 Å². The lowest BCUT2D eigenvalue weighted by molar-refractivity contribution is -0.142. The lowest BCUT2D eigenvalue weighted by Crippen LogP contribution is -2.54. The molecule has 33 heavy (non-hydrogen) atoms. The van der Waals surface area contributed by atoms with E-state index in [4.69, 9.17) is 0 Å². The van der Waals surface area contributed by atoms with E-state index in [1.54, 1.807) is 55.5 Å². The van der Waals surface area contributed by atoms with Crippen LogP contribution in [0.25, 0.3) is 0 Å². The zero-order valence-electron chi connectivity index (χ0n) is 18.5. The fourth-order valence-electron chi connectivity index (χ4n) is 3.05. The van der Waals surface area contributed by atoms with E-state index in [1.165, 1.54) is 12.1 Å². The summed E-state index contributed by atoms with van der Waals surface area (Å²) in [5.41, 5.74) is 0.739. The van der Waals surface area contributed by atoms with Gasteiger partial charge in [0, 0.05) is 17.9 Å². The number of hydrogen-bond acceptors (Lipinski definition) is 5. The standard InChI is InChI=1S/C24H28N2O6S/c1-3-17(2)22(23(28)25-20(24(29)30)16-18-10-6-4-7-11-18)26-21(27)14-15-33(31,32)19-12-8-5-9-13-19/h4-15,17,20,22H,3,16H2,1-2H3,(H,25,28)(H,26,27)(H,29,30)/b15-14+/t17?,20-,22-/m0/s1. The second-order valence-electron chi connectivity index (χ2n) is 7.62. The number of carbonyl (C=O) groups excluding carboxylic acids is 2. The predicted molar refractivity (Wildman–Crippen MR) is 124 cm³/mol. The van der Waals surface area contributed by atoms with Gasteiger partial charge in [0.2, 0.25) is 11.8 Å². The molecule has 0 bridgehead atoms. The predicted octanol–water partition coefficient (Wildman–Crippen LogP) is 2.32. The number of rotatable bonds is 11. The molecule has 0 saturated carbocycles. The number of carboxylic acid groups (broad SMARTS) is 1. The molecular weight excluding hydrogens is 444 g/mol. The van der Waals surface area contributed by atoms with Gasteiger partial charge in [-0.1, -0.05) is 68.8 Å². The molecule has 0 aliphatic heterocycles. The van der Waals surface area contributed by atoms with Crippen LogP contribution in [0.4, 0.5) is 0 Å². The average Bonchev–Trinajstić information content (AvgIpc) is 2.81. The quantitative estimate of drug-likeness (QED) is 0.431. The molecule has 2 amide bonds. The number of nitrogens with one attached hydrogen (secondary N) is 2. The molecule has 2 aromatic rings. The van der Waals surface area contributed by atoms with Gasteiger partial charge >= 0.3 is 5.97 Å². The number of hydrogen-bond donors (Lipinski definition) is 3. The van der Waals surface area contributed by atoms with E-state index >= 15 is 0 Å². The number of sulfone groups is 1. The van der Waals surface area contributed by atoms with Gasteiger partial charge in [0.1, 0.15) is 12.1 Å². The third-order valence-corrected chi connectivity index (χ3v) is 6.58. The zero-order valence-corrected chi connectivity index (χ0v) is 19.3. The maximum atomic E-state index is 12.9. The molecule has 0 aliphatic carbocycles. The van der Waals surface area contributed by atoms with Gasteiger partial charge in [-0.05, 0) is 23.6 Å². The van der Waals surface area contributed by atoms with Crippen LogP contribution in [0.5, 0.6) is 0 Å². The SMILES string of the molecule is CCC(C)[C@H](NC(=O)/C=C/S(=O)(=O)c1ccccc1)C(=O)N[C@@H](Cc1ccccc1)C(=O)O. The third-order valence-electron chi connectivity index (χ3n) is 5.16.